The highest BCUT2D eigenvalue weighted by Gasteiger charge is 2.52. The summed E-state index contributed by atoms with van der Waals surface area (Å²) >= 11 is 0. The zero-order valence-corrected chi connectivity index (χ0v) is 10.5. The van der Waals surface area contributed by atoms with Gasteiger partial charge in [-0.3, -0.25) is 0 Å². The van der Waals surface area contributed by atoms with E-state index in [1.165, 1.54) is 6.07 Å². The van der Waals surface area contributed by atoms with Gasteiger partial charge in [0.2, 0.25) is 0 Å². The average Bonchev–Trinajstić information content (AvgIpc) is 2.97. The van der Waals surface area contributed by atoms with Crippen molar-refractivity contribution in [2.24, 2.45) is 5.41 Å². The lowest BCUT2D eigenvalue weighted by molar-refractivity contribution is -0.137. The van der Waals surface area contributed by atoms with Crippen molar-refractivity contribution in [1.29, 1.82) is 0 Å². The van der Waals surface area contributed by atoms with Gasteiger partial charge in [-0.15, -0.1) is 0 Å². The molecule has 1 unspecified atom stereocenters. The maximum atomic E-state index is 12.6. The third-order valence-electron chi connectivity index (χ3n) is 4.10. The Morgan fingerprint density at radius 1 is 1.28 bits per heavy atom. The van der Waals surface area contributed by atoms with Crippen LogP contribution in [0.25, 0.3) is 0 Å². The maximum Gasteiger partial charge on any atom is 0.416 e. The van der Waals surface area contributed by atoms with Gasteiger partial charge in [0.1, 0.15) is 0 Å². The molecule has 0 saturated heterocycles. The predicted octanol–water partition coefficient (Wildman–Crippen LogP) is 3.80. The Morgan fingerprint density at radius 3 is 2.39 bits per heavy atom. The molecule has 0 bridgehead atoms. The van der Waals surface area contributed by atoms with Gasteiger partial charge in [0.05, 0.1) is 11.2 Å². The first-order valence-electron chi connectivity index (χ1n) is 6.03. The summed E-state index contributed by atoms with van der Waals surface area (Å²) in [6.45, 7) is 3.68. The lowest BCUT2D eigenvalue weighted by Crippen LogP contribution is -2.36. The fraction of sp³-hybridized carbons (Fsp3) is 0.571. The molecule has 1 N–H and O–H groups in total. The summed E-state index contributed by atoms with van der Waals surface area (Å²) in [6, 6.07) is 5.20. The van der Waals surface area contributed by atoms with Crippen LogP contribution >= 0.6 is 0 Å². The normalized spacial score (nSPS) is 21.4. The van der Waals surface area contributed by atoms with Gasteiger partial charge in [0.15, 0.2) is 0 Å². The van der Waals surface area contributed by atoms with Crippen molar-refractivity contribution in [3.05, 3.63) is 35.4 Å². The number of halogens is 3. The highest BCUT2D eigenvalue weighted by molar-refractivity contribution is 5.27. The molecule has 1 atom stereocenters. The zero-order chi connectivity index (χ0) is 13.6. The van der Waals surface area contributed by atoms with Gasteiger partial charge in [-0.1, -0.05) is 25.1 Å². The standard InChI is InChI=1S/C14H17F3O/c1-12(6-7-12)13(2,18)9-10-4-3-5-11(8-10)14(15,16)17/h3-5,8,18H,6-7,9H2,1-2H3. The molecule has 0 aliphatic heterocycles. The lowest BCUT2D eigenvalue weighted by Gasteiger charge is -2.30. The SMILES string of the molecule is CC(O)(Cc1cccc(C(F)(F)F)c1)C1(C)CC1. The average molecular weight is 258 g/mol. The number of alkyl halides is 3. The molecule has 1 aromatic carbocycles. The van der Waals surface area contributed by atoms with Crippen LogP contribution in [0, 0.1) is 5.41 Å². The second-order valence-electron chi connectivity index (χ2n) is 5.71. The molecule has 1 aliphatic carbocycles. The molecular weight excluding hydrogens is 241 g/mol. The van der Waals surface area contributed by atoms with Crippen molar-refractivity contribution in [3.63, 3.8) is 0 Å². The van der Waals surface area contributed by atoms with Gasteiger partial charge >= 0.3 is 6.18 Å². The van der Waals surface area contributed by atoms with Crippen LogP contribution in [0.15, 0.2) is 24.3 Å². The van der Waals surface area contributed by atoms with E-state index < -0.39 is 17.3 Å². The van der Waals surface area contributed by atoms with E-state index in [2.05, 4.69) is 0 Å². The molecule has 0 spiro atoms. The van der Waals surface area contributed by atoms with E-state index in [4.69, 9.17) is 0 Å². The Bertz CT molecular complexity index is 445. The minimum absolute atomic E-state index is 0.152. The van der Waals surface area contributed by atoms with Crippen LogP contribution in [-0.2, 0) is 12.6 Å². The van der Waals surface area contributed by atoms with Crippen molar-refractivity contribution in [1.82, 2.24) is 0 Å². The highest BCUT2D eigenvalue weighted by Crippen LogP contribution is 2.54. The number of rotatable bonds is 3. The number of benzene rings is 1. The smallest absolute Gasteiger partial charge is 0.389 e. The Kier molecular flexibility index (Phi) is 2.97. The Balaban J connectivity index is 2.20. The van der Waals surface area contributed by atoms with E-state index in [9.17, 15) is 18.3 Å². The van der Waals surface area contributed by atoms with Crippen LogP contribution in [-0.4, -0.2) is 10.7 Å². The summed E-state index contributed by atoms with van der Waals surface area (Å²) in [5, 5.41) is 10.4. The summed E-state index contributed by atoms with van der Waals surface area (Å²) in [5.41, 5.74) is -1.22. The minimum atomic E-state index is -4.33. The lowest BCUT2D eigenvalue weighted by atomic mass is 9.82. The van der Waals surface area contributed by atoms with Crippen LogP contribution in [0.2, 0.25) is 0 Å². The quantitative estimate of drug-likeness (QED) is 0.874. The summed E-state index contributed by atoms with van der Waals surface area (Å²) in [6.07, 6.45) is -2.21. The van der Waals surface area contributed by atoms with E-state index >= 15 is 0 Å². The first kappa shape index (κ1) is 13.4. The van der Waals surface area contributed by atoms with E-state index in [0.717, 1.165) is 25.0 Å². The van der Waals surface area contributed by atoms with Gasteiger partial charge in [0.25, 0.3) is 0 Å². The van der Waals surface area contributed by atoms with Crippen molar-refractivity contribution in [3.8, 4) is 0 Å². The summed E-state index contributed by atoms with van der Waals surface area (Å²) in [7, 11) is 0. The fourth-order valence-electron chi connectivity index (χ4n) is 2.19. The minimum Gasteiger partial charge on any atom is -0.389 e. The molecule has 0 heterocycles. The summed E-state index contributed by atoms with van der Waals surface area (Å²) in [4.78, 5) is 0. The molecule has 1 fully saturated rings. The van der Waals surface area contributed by atoms with Gasteiger partial charge in [-0.05, 0) is 36.8 Å². The first-order chi connectivity index (χ1) is 8.14. The molecule has 100 valence electrons. The number of hydrogen-bond donors (Lipinski definition) is 1. The highest BCUT2D eigenvalue weighted by atomic mass is 19.4. The second-order valence-corrected chi connectivity index (χ2v) is 5.71. The monoisotopic (exact) mass is 258 g/mol. The molecule has 1 nitrogen and oxygen atoms in total. The second kappa shape index (κ2) is 3.98. The molecule has 1 aliphatic rings. The molecule has 1 aromatic rings. The van der Waals surface area contributed by atoms with Gasteiger partial charge in [-0.25, -0.2) is 0 Å². The molecular formula is C14H17F3O. The molecule has 2 rings (SSSR count). The summed E-state index contributed by atoms with van der Waals surface area (Å²) in [5.74, 6) is 0. The molecule has 1 saturated carbocycles. The van der Waals surface area contributed by atoms with Crippen molar-refractivity contribution in [2.45, 2.75) is 44.9 Å². The summed E-state index contributed by atoms with van der Waals surface area (Å²) < 4.78 is 37.8. The number of aliphatic hydroxyl groups is 1. The van der Waals surface area contributed by atoms with Crippen LogP contribution in [0.3, 0.4) is 0 Å². The van der Waals surface area contributed by atoms with Crippen molar-refractivity contribution >= 4 is 0 Å². The van der Waals surface area contributed by atoms with Gasteiger partial charge in [-0.2, -0.15) is 13.2 Å². The topological polar surface area (TPSA) is 20.2 Å². The predicted molar refractivity (Wildman–Crippen MR) is 63.1 cm³/mol. The van der Waals surface area contributed by atoms with Crippen LogP contribution in [0.1, 0.15) is 37.8 Å². The molecule has 0 aromatic heterocycles. The molecule has 4 heteroatoms. The third kappa shape index (κ3) is 2.53. The van der Waals surface area contributed by atoms with Crippen molar-refractivity contribution < 1.29 is 18.3 Å². The maximum absolute atomic E-state index is 12.6. The Labute approximate surface area is 105 Å². The molecule has 0 amide bonds. The van der Waals surface area contributed by atoms with E-state index in [0.29, 0.717) is 5.56 Å². The molecule has 18 heavy (non-hydrogen) atoms. The van der Waals surface area contributed by atoms with Crippen molar-refractivity contribution in [2.75, 3.05) is 0 Å². The first-order valence-corrected chi connectivity index (χ1v) is 6.03. The Hall–Kier alpha value is -1.03. The Morgan fingerprint density at radius 2 is 1.89 bits per heavy atom. The number of hydrogen-bond acceptors (Lipinski definition) is 1. The van der Waals surface area contributed by atoms with Gasteiger partial charge in [0, 0.05) is 6.42 Å². The van der Waals surface area contributed by atoms with E-state index in [1.807, 2.05) is 6.92 Å². The largest absolute Gasteiger partial charge is 0.416 e. The van der Waals surface area contributed by atoms with Gasteiger partial charge < -0.3 is 5.11 Å². The van der Waals surface area contributed by atoms with Crippen LogP contribution < -0.4 is 0 Å². The molecule has 0 radical (unpaired) electrons. The van der Waals surface area contributed by atoms with Crippen LogP contribution in [0.5, 0.6) is 0 Å². The van der Waals surface area contributed by atoms with E-state index in [-0.39, 0.29) is 11.8 Å². The van der Waals surface area contributed by atoms with E-state index in [1.54, 1.807) is 13.0 Å². The zero-order valence-electron chi connectivity index (χ0n) is 10.5. The fourth-order valence-corrected chi connectivity index (χ4v) is 2.19. The third-order valence-corrected chi connectivity index (χ3v) is 4.10. The van der Waals surface area contributed by atoms with Crippen LogP contribution in [0.4, 0.5) is 13.2 Å².